The van der Waals surface area contributed by atoms with E-state index in [9.17, 15) is 4.79 Å². The molecule has 6 heteroatoms. The highest BCUT2D eigenvalue weighted by Gasteiger charge is 2.09. The van der Waals surface area contributed by atoms with Crippen LogP contribution in [0.5, 0.6) is 0 Å². The van der Waals surface area contributed by atoms with Crippen LogP contribution in [-0.4, -0.2) is 25.9 Å². The second-order valence-electron chi connectivity index (χ2n) is 3.89. The molecule has 0 aliphatic carbocycles. The van der Waals surface area contributed by atoms with Crippen LogP contribution < -0.4 is 5.32 Å². The largest absolute Gasteiger partial charge is 0.309 e. The quantitative estimate of drug-likeness (QED) is 0.834. The summed E-state index contributed by atoms with van der Waals surface area (Å²) in [7, 11) is 0. The van der Waals surface area contributed by atoms with E-state index in [2.05, 4.69) is 20.6 Å². The Balaban J connectivity index is 1.87. The fourth-order valence-electron chi connectivity index (χ4n) is 1.45. The zero-order valence-corrected chi connectivity index (χ0v) is 9.90. The Morgan fingerprint density at radius 2 is 2.35 bits per heavy atom. The van der Waals surface area contributed by atoms with Gasteiger partial charge in [-0.3, -0.25) is 14.6 Å². The summed E-state index contributed by atoms with van der Waals surface area (Å²) in [4.78, 5) is 11.7. The van der Waals surface area contributed by atoms with Crippen molar-refractivity contribution in [2.45, 2.75) is 26.8 Å². The Morgan fingerprint density at radius 3 is 2.94 bits per heavy atom. The molecule has 0 radical (unpaired) electrons. The zero-order valence-electron chi connectivity index (χ0n) is 9.90. The number of aromatic amines is 1. The van der Waals surface area contributed by atoms with Crippen molar-refractivity contribution in [1.29, 1.82) is 0 Å². The maximum atomic E-state index is 11.7. The van der Waals surface area contributed by atoms with E-state index in [4.69, 9.17) is 0 Å². The standard InChI is InChI=1S/C11H15N5O/c1-8-9(2)14-15-11(8)13-10(17)4-7-16-6-3-5-12-16/h3,5-6H,4,7H2,1-2H3,(H2,13,14,15,17). The van der Waals surface area contributed by atoms with Crippen LogP contribution >= 0.6 is 0 Å². The molecule has 90 valence electrons. The molecule has 2 aromatic heterocycles. The Morgan fingerprint density at radius 1 is 1.53 bits per heavy atom. The summed E-state index contributed by atoms with van der Waals surface area (Å²) in [5.74, 6) is 0.545. The van der Waals surface area contributed by atoms with E-state index in [0.29, 0.717) is 18.8 Å². The molecule has 0 unspecified atom stereocenters. The minimum Gasteiger partial charge on any atom is -0.309 e. The number of hydrogen-bond donors (Lipinski definition) is 2. The van der Waals surface area contributed by atoms with E-state index in [1.807, 2.05) is 26.1 Å². The monoisotopic (exact) mass is 233 g/mol. The van der Waals surface area contributed by atoms with Gasteiger partial charge in [0, 0.05) is 36.6 Å². The summed E-state index contributed by atoms with van der Waals surface area (Å²) >= 11 is 0. The number of carbonyl (C=O) groups is 1. The molecule has 1 amide bonds. The van der Waals surface area contributed by atoms with Gasteiger partial charge < -0.3 is 5.32 Å². The first-order chi connectivity index (χ1) is 8.16. The fourth-order valence-corrected chi connectivity index (χ4v) is 1.45. The van der Waals surface area contributed by atoms with Gasteiger partial charge in [-0.15, -0.1) is 0 Å². The summed E-state index contributed by atoms with van der Waals surface area (Å²) in [5.41, 5.74) is 1.94. The highest BCUT2D eigenvalue weighted by molar-refractivity contribution is 5.90. The molecule has 0 saturated heterocycles. The SMILES string of the molecule is Cc1[nH]nc(NC(=O)CCn2cccn2)c1C. The Bertz CT molecular complexity index is 500. The minimum atomic E-state index is -0.0601. The molecule has 2 aromatic rings. The highest BCUT2D eigenvalue weighted by Crippen LogP contribution is 2.13. The summed E-state index contributed by atoms with van der Waals surface area (Å²) in [6.45, 7) is 4.41. The first-order valence-corrected chi connectivity index (χ1v) is 5.45. The van der Waals surface area contributed by atoms with Crippen molar-refractivity contribution in [2.24, 2.45) is 0 Å². The van der Waals surface area contributed by atoms with Gasteiger partial charge in [0.2, 0.25) is 5.91 Å². The number of nitrogens with zero attached hydrogens (tertiary/aromatic N) is 3. The molecule has 2 rings (SSSR count). The van der Waals surface area contributed by atoms with Crippen LogP contribution in [0.3, 0.4) is 0 Å². The third-order valence-electron chi connectivity index (χ3n) is 2.64. The van der Waals surface area contributed by atoms with Crippen LogP contribution in [0.1, 0.15) is 17.7 Å². The maximum Gasteiger partial charge on any atom is 0.227 e. The molecule has 0 spiro atoms. The van der Waals surface area contributed by atoms with Gasteiger partial charge in [-0.1, -0.05) is 0 Å². The lowest BCUT2D eigenvalue weighted by Crippen LogP contribution is -2.15. The van der Waals surface area contributed by atoms with Gasteiger partial charge in [-0.25, -0.2) is 0 Å². The number of anilines is 1. The third-order valence-corrected chi connectivity index (χ3v) is 2.64. The molecule has 0 bridgehead atoms. The molecule has 2 heterocycles. The molecule has 2 N–H and O–H groups in total. The van der Waals surface area contributed by atoms with E-state index in [1.165, 1.54) is 0 Å². The normalized spacial score (nSPS) is 10.5. The number of amides is 1. The lowest BCUT2D eigenvalue weighted by Gasteiger charge is -2.03. The number of hydrogen-bond acceptors (Lipinski definition) is 3. The molecule has 0 atom stereocenters. The first kappa shape index (κ1) is 11.4. The third kappa shape index (κ3) is 2.72. The van der Waals surface area contributed by atoms with Gasteiger partial charge in [0.15, 0.2) is 5.82 Å². The van der Waals surface area contributed by atoms with Crippen LogP contribution in [0.4, 0.5) is 5.82 Å². The lowest BCUT2D eigenvalue weighted by molar-refractivity contribution is -0.116. The van der Waals surface area contributed by atoms with Crippen molar-refractivity contribution in [2.75, 3.05) is 5.32 Å². The maximum absolute atomic E-state index is 11.7. The van der Waals surface area contributed by atoms with Gasteiger partial charge in [0.1, 0.15) is 0 Å². The molecule has 0 fully saturated rings. The van der Waals surface area contributed by atoms with Crippen molar-refractivity contribution >= 4 is 11.7 Å². The molecular weight excluding hydrogens is 218 g/mol. The summed E-state index contributed by atoms with van der Waals surface area (Å²) in [6, 6.07) is 1.83. The Labute approximate surface area is 99.0 Å². The van der Waals surface area contributed by atoms with Crippen molar-refractivity contribution in [3.05, 3.63) is 29.7 Å². The van der Waals surface area contributed by atoms with Crippen LogP contribution in [-0.2, 0) is 11.3 Å². The predicted octanol–water partition coefficient (Wildman–Crippen LogP) is 1.25. The molecule has 0 saturated carbocycles. The van der Waals surface area contributed by atoms with E-state index < -0.39 is 0 Å². The average molecular weight is 233 g/mol. The van der Waals surface area contributed by atoms with Gasteiger partial charge in [-0.05, 0) is 19.9 Å². The van der Waals surface area contributed by atoms with Crippen LogP contribution in [0, 0.1) is 13.8 Å². The van der Waals surface area contributed by atoms with Crippen LogP contribution in [0.25, 0.3) is 0 Å². The lowest BCUT2D eigenvalue weighted by atomic mass is 10.3. The molecule has 17 heavy (non-hydrogen) atoms. The smallest absolute Gasteiger partial charge is 0.227 e. The van der Waals surface area contributed by atoms with Crippen molar-refractivity contribution in [3.8, 4) is 0 Å². The second kappa shape index (κ2) is 4.82. The molecular formula is C11H15N5O. The number of carbonyl (C=O) groups excluding carboxylic acids is 1. The molecule has 0 aliphatic rings. The Kier molecular flexibility index (Phi) is 3.22. The first-order valence-electron chi connectivity index (χ1n) is 5.45. The predicted molar refractivity (Wildman–Crippen MR) is 63.5 cm³/mol. The zero-order chi connectivity index (χ0) is 12.3. The van der Waals surface area contributed by atoms with Gasteiger partial charge in [0.05, 0.1) is 0 Å². The van der Waals surface area contributed by atoms with E-state index >= 15 is 0 Å². The van der Waals surface area contributed by atoms with E-state index in [1.54, 1.807) is 10.9 Å². The Hall–Kier alpha value is -2.11. The molecule has 6 nitrogen and oxygen atoms in total. The van der Waals surface area contributed by atoms with E-state index in [0.717, 1.165) is 11.3 Å². The van der Waals surface area contributed by atoms with Gasteiger partial charge in [-0.2, -0.15) is 10.2 Å². The number of aryl methyl sites for hydroxylation is 2. The highest BCUT2D eigenvalue weighted by atomic mass is 16.1. The fraction of sp³-hybridized carbons (Fsp3) is 0.364. The number of H-pyrrole nitrogens is 1. The molecule has 0 aromatic carbocycles. The minimum absolute atomic E-state index is 0.0601. The number of nitrogens with one attached hydrogen (secondary N) is 2. The van der Waals surface area contributed by atoms with Crippen molar-refractivity contribution < 1.29 is 4.79 Å². The van der Waals surface area contributed by atoms with Crippen molar-refractivity contribution in [1.82, 2.24) is 20.0 Å². The number of rotatable bonds is 4. The number of aromatic nitrogens is 4. The van der Waals surface area contributed by atoms with Crippen LogP contribution in [0.15, 0.2) is 18.5 Å². The molecule has 0 aliphatic heterocycles. The van der Waals surface area contributed by atoms with Gasteiger partial charge >= 0.3 is 0 Å². The summed E-state index contributed by atoms with van der Waals surface area (Å²) < 4.78 is 1.72. The summed E-state index contributed by atoms with van der Waals surface area (Å²) in [6.07, 6.45) is 3.91. The van der Waals surface area contributed by atoms with E-state index in [-0.39, 0.29) is 5.91 Å². The van der Waals surface area contributed by atoms with Crippen molar-refractivity contribution in [3.63, 3.8) is 0 Å². The second-order valence-corrected chi connectivity index (χ2v) is 3.89. The van der Waals surface area contributed by atoms with Crippen LogP contribution in [0.2, 0.25) is 0 Å². The summed E-state index contributed by atoms with van der Waals surface area (Å²) in [5, 5.41) is 13.7. The van der Waals surface area contributed by atoms with Gasteiger partial charge in [0.25, 0.3) is 0 Å². The topological polar surface area (TPSA) is 75.6 Å². The average Bonchev–Trinajstić information content (AvgIpc) is 2.92.